The predicted molar refractivity (Wildman–Crippen MR) is 117 cm³/mol. The molecule has 0 saturated carbocycles. The number of aryl methyl sites for hydroxylation is 1. The lowest BCUT2D eigenvalue weighted by molar-refractivity contribution is -0.127. The predicted octanol–water partition coefficient (Wildman–Crippen LogP) is 4.95. The van der Waals surface area contributed by atoms with Gasteiger partial charge in [0.05, 0.1) is 23.6 Å². The number of fused-ring (bicyclic) bond motifs is 1. The van der Waals surface area contributed by atoms with Gasteiger partial charge in [-0.15, -0.1) is 16.4 Å². The third kappa shape index (κ3) is 3.58. The number of benzene rings is 1. The lowest BCUT2D eigenvalue weighted by atomic mass is 9.84. The zero-order chi connectivity index (χ0) is 20.5. The molecule has 0 spiro atoms. The smallest absolute Gasteiger partial charge is 0.246 e. The SMILES string of the molecule is C=CC(=O)N1Cc2sc(Cl)cc2[C@H](c2ccccc2-c2cn(CC)nc2OC)C1. The van der Waals surface area contributed by atoms with Crippen molar-refractivity contribution >= 4 is 28.8 Å². The molecule has 0 unspecified atom stereocenters. The highest BCUT2D eigenvalue weighted by molar-refractivity contribution is 7.16. The van der Waals surface area contributed by atoms with E-state index in [4.69, 9.17) is 16.3 Å². The summed E-state index contributed by atoms with van der Waals surface area (Å²) in [5, 5.41) is 4.51. The zero-order valence-corrected chi connectivity index (χ0v) is 18.0. The molecule has 4 rings (SSSR count). The Morgan fingerprint density at radius 2 is 2.17 bits per heavy atom. The van der Waals surface area contributed by atoms with Crippen LogP contribution < -0.4 is 4.74 Å². The molecule has 0 fully saturated rings. The number of nitrogens with zero attached hydrogens (tertiary/aromatic N) is 3. The number of hydrogen-bond donors (Lipinski definition) is 0. The number of hydrogen-bond acceptors (Lipinski definition) is 4. The number of amides is 1. The van der Waals surface area contributed by atoms with Crippen LogP contribution >= 0.6 is 22.9 Å². The fourth-order valence-electron chi connectivity index (χ4n) is 3.89. The number of ether oxygens (including phenoxy) is 1. The highest BCUT2D eigenvalue weighted by Gasteiger charge is 2.32. The molecule has 1 aliphatic heterocycles. The van der Waals surface area contributed by atoms with E-state index in [1.165, 1.54) is 23.0 Å². The summed E-state index contributed by atoms with van der Waals surface area (Å²) in [6.07, 6.45) is 3.38. The molecule has 1 aliphatic rings. The second-order valence-corrected chi connectivity index (χ2v) is 8.67. The first-order chi connectivity index (χ1) is 14.0. The van der Waals surface area contributed by atoms with Crippen molar-refractivity contribution in [3.8, 4) is 17.0 Å². The van der Waals surface area contributed by atoms with Gasteiger partial charge in [-0.05, 0) is 35.8 Å². The van der Waals surface area contributed by atoms with E-state index >= 15 is 0 Å². The molecule has 1 aromatic carbocycles. The number of aromatic nitrogens is 2. The summed E-state index contributed by atoms with van der Waals surface area (Å²) in [6, 6.07) is 10.3. The molecule has 2 aromatic heterocycles. The van der Waals surface area contributed by atoms with Gasteiger partial charge >= 0.3 is 0 Å². The fraction of sp³-hybridized carbons (Fsp3) is 0.273. The lowest BCUT2D eigenvalue weighted by Crippen LogP contribution is -2.37. The van der Waals surface area contributed by atoms with E-state index in [0.717, 1.165) is 32.4 Å². The van der Waals surface area contributed by atoms with Crippen molar-refractivity contribution in [3.63, 3.8) is 0 Å². The van der Waals surface area contributed by atoms with Crippen molar-refractivity contribution in [1.29, 1.82) is 0 Å². The molecule has 0 bridgehead atoms. The van der Waals surface area contributed by atoms with Crippen molar-refractivity contribution < 1.29 is 9.53 Å². The van der Waals surface area contributed by atoms with Gasteiger partial charge in [0.25, 0.3) is 0 Å². The molecule has 0 radical (unpaired) electrons. The number of carbonyl (C=O) groups is 1. The van der Waals surface area contributed by atoms with E-state index < -0.39 is 0 Å². The quantitative estimate of drug-likeness (QED) is 0.541. The molecule has 3 heterocycles. The Labute approximate surface area is 179 Å². The lowest BCUT2D eigenvalue weighted by Gasteiger charge is -2.33. The summed E-state index contributed by atoms with van der Waals surface area (Å²) in [5.41, 5.74) is 4.30. The highest BCUT2D eigenvalue weighted by Crippen LogP contribution is 2.44. The van der Waals surface area contributed by atoms with Crippen LogP contribution in [0.15, 0.2) is 49.2 Å². The standard InChI is InChI=1S/C22H22ClN3O2S/c1-4-21(27)25-11-17(16-10-20(23)29-19(16)13-25)14-8-6-7-9-15(14)18-12-26(5-2)24-22(18)28-3/h4,6-10,12,17H,1,5,11,13H2,2-3H3/t17-/m0/s1. The van der Waals surface area contributed by atoms with Crippen molar-refractivity contribution in [2.75, 3.05) is 13.7 Å². The first-order valence-corrected chi connectivity index (χ1v) is 10.6. The second-order valence-electron chi connectivity index (χ2n) is 6.90. The van der Waals surface area contributed by atoms with E-state index in [1.807, 2.05) is 40.9 Å². The number of thiophene rings is 1. The van der Waals surface area contributed by atoms with Crippen LogP contribution in [0.1, 0.15) is 28.8 Å². The third-order valence-corrected chi connectivity index (χ3v) is 6.55. The molecule has 0 N–H and O–H groups in total. The minimum Gasteiger partial charge on any atom is -0.479 e. The molecular weight excluding hydrogens is 406 g/mol. The largest absolute Gasteiger partial charge is 0.479 e. The van der Waals surface area contributed by atoms with Gasteiger partial charge in [0.2, 0.25) is 11.8 Å². The second kappa shape index (κ2) is 8.05. The molecular formula is C22H22ClN3O2S. The van der Waals surface area contributed by atoms with Gasteiger partial charge < -0.3 is 9.64 Å². The summed E-state index contributed by atoms with van der Waals surface area (Å²) in [6.45, 7) is 7.59. The maximum atomic E-state index is 12.4. The monoisotopic (exact) mass is 427 g/mol. The Kier molecular flexibility index (Phi) is 5.48. The summed E-state index contributed by atoms with van der Waals surface area (Å²) < 4.78 is 8.15. The van der Waals surface area contributed by atoms with E-state index in [9.17, 15) is 4.79 Å². The third-order valence-electron chi connectivity index (χ3n) is 5.28. The van der Waals surface area contributed by atoms with E-state index in [2.05, 4.69) is 23.8 Å². The molecule has 29 heavy (non-hydrogen) atoms. The van der Waals surface area contributed by atoms with Crippen molar-refractivity contribution in [2.24, 2.45) is 0 Å². The van der Waals surface area contributed by atoms with Gasteiger partial charge in [-0.2, -0.15) is 0 Å². The number of halogens is 1. The minimum absolute atomic E-state index is 0.0114. The van der Waals surface area contributed by atoms with Crippen molar-refractivity contribution in [2.45, 2.75) is 25.9 Å². The van der Waals surface area contributed by atoms with E-state index in [0.29, 0.717) is 19.0 Å². The van der Waals surface area contributed by atoms with Crippen LogP contribution in [-0.2, 0) is 17.9 Å². The molecule has 1 amide bonds. The molecule has 0 saturated heterocycles. The van der Waals surface area contributed by atoms with Gasteiger partial charge in [0, 0.05) is 30.1 Å². The van der Waals surface area contributed by atoms with Crippen LogP contribution in [0.3, 0.4) is 0 Å². The number of carbonyl (C=O) groups excluding carboxylic acids is 1. The summed E-state index contributed by atoms with van der Waals surface area (Å²) in [5.74, 6) is 0.536. The molecule has 7 heteroatoms. The normalized spacial score (nSPS) is 15.8. The Balaban J connectivity index is 1.86. The molecule has 0 aliphatic carbocycles. The Bertz CT molecular complexity index is 1070. The van der Waals surface area contributed by atoms with E-state index in [-0.39, 0.29) is 11.8 Å². The van der Waals surface area contributed by atoms with Crippen molar-refractivity contribution in [1.82, 2.24) is 14.7 Å². The zero-order valence-electron chi connectivity index (χ0n) is 16.4. The summed E-state index contributed by atoms with van der Waals surface area (Å²) in [4.78, 5) is 15.4. The van der Waals surface area contributed by atoms with Gasteiger partial charge in [-0.25, -0.2) is 0 Å². The average Bonchev–Trinajstić information content (AvgIpc) is 3.34. The first-order valence-electron chi connectivity index (χ1n) is 9.45. The maximum Gasteiger partial charge on any atom is 0.246 e. The van der Waals surface area contributed by atoms with Crippen LogP contribution in [-0.4, -0.2) is 34.2 Å². The Morgan fingerprint density at radius 3 is 2.90 bits per heavy atom. The number of methoxy groups -OCH3 is 1. The van der Waals surface area contributed by atoms with Gasteiger partial charge in [0.15, 0.2) is 0 Å². The minimum atomic E-state index is -0.0703. The van der Waals surface area contributed by atoms with Gasteiger partial charge in [0.1, 0.15) is 0 Å². The van der Waals surface area contributed by atoms with E-state index in [1.54, 1.807) is 7.11 Å². The summed E-state index contributed by atoms with van der Waals surface area (Å²) >= 11 is 7.89. The van der Waals surface area contributed by atoms with Crippen LogP contribution in [0, 0.1) is 0 Å². The number of rotatable bonds is 5. The van der Waals surface area contributed by atoms with Crippen molar-refractivity contribution in [3.05, 3.63) is 69.5 Å². The highest BCUT2D eigenvalue weighted by atomic mass is 35.5. The molecule has 1 atom stereocenters. The van der Waals surface area contributed by atoms with Crippen LogP contribution in [0.25, 0.3) is 11.1 Å². The Hall–Kier alpha value is -2.57. The maximum absolute atomic E-state index is 12.4. The topological polar surface area (TPSA) is 47.4 Å². The Morgan fingerprint density at radius 1 is 1.38 bits per heavy atom. The van der Waals surface area contributed by atoms with Crippen LogP contribution in [0.2, 0.25) is 4.34 Å². The van der Waals surface area contributed by atoms with Crippen LogP contribution in [0.5, 0.6) is 5.88 Å². The average molecular weight is 428 g/mol. The molecule has 3 aromatic rings. The van der Waals surface area contributed by atoms with Gasteiger partial charge in [-0.3, -0.25) is 9.48 Å². The molecule has 5 nitrogen and oxygen atoms in total. The van der Waals surface area contributed by atoms with Gasteiger partial charge in [-0.1, -0.05) is 42.4 Å². The van der Waals surface area contributed by atoms with Crippen LogP contribution in [0.4, 0.5) is 0 Å². The first kappa shape index (κ1) is 19.7. The molecule has 150 valence electrons. The fourth-order valence-corrected chi connectivity index (χ4v) is 5.25. The summed E-state index contributed by atoms with van der Waals surface area (Å²) in [7, 11) is 1.64.